The van der Waals surface area contributed by atoms with E-state index in [0.717, 1.165) is 9.37 Å². The number of fused-ring (bicyclic) bond motifs is 1. The average molecular weight is 488 g/mol. The van der Waals surface area contributed by atoms with Gasteiger partial charge in [-0.05, 0) is 48.5 Å². The van der Waals surface area contributed by atoms with Crippen molar-refractivity contribution >= 4 is 53.1 Å². The molecule has 0 saturated carbocycles. The van der Waals surface area contributed by atoms with Crippen LogP contribution in [0.1, 0.15) is 38.8 Å². The van der Waals surface area contributed by atoms with Crippen molar-refractivity contribution in [2.75, 3.05) is 4.90 Å². The summed E-state index contributed by atoms with van der Waals surface area (Å²) in [6.45, 7) is 12.1. The minimum Gasteiger partial charge on any atom is -0.543 e. The predicted molar refractivity (Wildman–Crippen MR) is 126 cm³/mol. The number of carbonyl (C=O) groups is 2. The average Bonchev–Trinajstić information content (AvgIpc) is 2.91. The molecular weight excluding hydrogens is 462 g/mol. The van der Waals surface area contributed by atoms with Gasteiger partial charge in [0.15, 0.2) is 0 Å². The molecule has 3 rings (SSSR count). The molecule has 0 fully saturated rings. The number of halogens is 1. The Hall–Kier alpha value is -2.38. The number of rotatable bonds is 3. The van der Waals surface area contributed by atoms with Crippen molar-refractivity contribution in [3.05, 3.63) is 58.1 Å². The molecule has 0 unspecified atom stereocenters. The zero-order chi connectivity index (χ0) is 22.4. The van der Waals surface area contributed by atoms with Crippen LogP contribution in [0.2, 0.25) is 18.1 Å². The summed E-state index contributed by atoms with van der Waals surface area (Å²) in [5.74, 6) is -0.469. The van der Waals surface area contributed by atoms with E-state index in [4.69, 9.17) is 4.43 Å². The van der Waals surface area contributed by atoms with Crippen molar-refractivity contribution in [2.45, 2.75) is 45.8 Å². The third-order valence-electron chi connectivity index (χ3n) is 5.72. The number of hydrogen-bond acceptors (Lipinski definition) is 4. The van der Waals surface area contributed by atoms with Crippen LogP contribution in [0.4, 0.5) is 5.69 Å². The minimum absolute atomic E-state index is 0.0259. The second-order valence-electron chi connectivity index (χ2n) is 8.93. The van der Waals surface area contributed by atoms with Crippen molar-refractivity contribution in [1.29, 1.82) is 0 Å². The van der Waals surface area contributed by atoms with E-state index in [1.54, 1.807) is 36.4 Å². The highest BCUT2D eigenvalue weighted by Crippen LogP contribution is 2.42. The van der Waals surface area contributed by atoms with Gasteiger partial charge in [-0.25, -0.2) is 4.90 Å². The predicted octanol–water partition coefficient (Wildman–Crippen LogP) is 6.15. The van der Waals surface area contributed by atoms with Gasteiger partial charge in [0.1, 0.15) is 11.5 Å². The van der Waals surface area contributed by atoms with Gasteiger partial charge in [0.05, 0.1) is 11.3 Å². The molecule has 0 bridgehead atoms. The van der Waals surface area contributed by atoms with Crippen molar-refractivity contribution in [1.82, 2.24) is 0 Å². The van der Waals surface area contributed by atoms with E-state index in [-0.39, 0.29) is 16.4 Å². The summed E-state index contributed by atoms with van der Waals surface area (Å²) in [6.07, 6.45) is 0. The van der Waals surface area contributed by atoms with Gasteiger partial charge in [0.25, 0.3) is 5.91 Å². The third kappa shape index (κ3) is 3.96. The summed E-state index contributed by atoms with van der Waals surface area (Å²) in [6, 6.07) is 12.3. The van der Waals surface area contributed by atoms with Crippen LogP contribution in [0.5, 0.6) is 5.75 Å². The number of carbonyl (C=O) groups excluding carboxylic acids is 2. The molecule has 1 aliphatic rings. The van der Waals surface area contributed by atoms with Crippen LogP contribution >= 0.6 is 15.9 Å². The Morgan fingerprint density at radius 3 is 2.40 bits per heavy atom. The number of aliphatic hydroxyl groups excluding tert-OH is 1. The molecule has 5 nitrogen and oxygen atoms in total. The third-order valence-corrected chi connectivity index (χ3v) is 10.6. The fourth-order valence-corrected chi connectivity index (χ4v) is 4.46. The molecule has 0 atom stereocenters. The van der Waals surface area contributed by atoms with Crippen molar-refractivity contribution < 1.29 is 19.1 Å². The summed E-state index contributed by atoms with van der Waals surface area (Å²) in [7, 11) is -2.06. The lowest BCUT2D eigenvalue weighted by molar-refractivity contribution is -0.122. The lowest BCUT2D eigenvalue weighted by atomic mass is 10.0. The Balaban J connectivity index is 2.10. The fraction of sp³-hybridized carbons (Fsp3) is 0.304. The van der Waals surface area contributed by atoms with Crippen molar-refractivity contribution in [3.8, 4) is 5.75 Å². The minimum atomic E-state index is -2.06. The van der Waals surface area contributed by atoms with E-state index in [2.05, 4.69) is 49.8 Å². The molecule has 0 saturated heterocycles. The van der Waals surface area contributed by atoms with E-state index in [9.17, 15) is 14.7 Å². The maximum absolute atomic E-state index is 13.0. The SMILES string of the molecule is CC(=O)N1C(=O)/C(=C(\O)c2cccc(O[Si](C)(C)C(C)(C)C)c2)c2cc(Br)ccc21. The Labute approximate surface area is 186 Å². The lowest BCUT2D eigenvalue weighted by Crippen LogP contribution is -2.43. The van der Waals surface area contributed by atoms with E-state index in [1.165, 1.54) is 6.92 Å². The molecular formula is C23H26BrNO4Si. The summed E-state index contributed by atoms with van der Waals surface area (Å²) in [5.41, 5.74) is 1.54. The normalized spacial score (nSPS) is 15.8. The van der Waals surface area contributed by atoms with Crippen LogP contribution in [0, 0.1) is 0 Å². The first-order valence-electron chi connectivity index (χ1n) is 9.71. The van der Waals surface area contributed by atoms with Gasteiger partial charge in [-0.2, -0.15) is 0 Å². The largest absolute Gasteiger partial charge is 0.543 e. The summed E-state index contributed by atoms with van der Waals surface area (Å²) in [5, 5.41) is 11.1. The number of benzene rings is 2. The van der Waals surface area contributed by atoms with Crippen LogP contribution in [-0.4, -0.2) is 25.2 Å². The zero-order valence-corrected chi connectivity index (χ0v) is 20.6. The maximum Gasteiger partial charge on any atom is 0.269 e. The first-order valence-corrected chi connectivity index (χ1v) is 13.4. The van der Waals surface area contributed by atoms with Gasteiger partial charge in [-0.1, -0.05) is 48.8 Å². The van der Waals surface area contributed by atoms with Gasteiger partial charge < -0.3 is 9.53 Å². The number of hydrogen-bond donors (Lipinski definition) is 1. The van der Waals surface area contributed by atoms with E-state index < -0.39 is 20.1 Å². The second-order valence-corrected chi connectivity index (χ2v) is 14.6. The smallest absolute Gasteiger partial charge is 0.269 e. The molecule has 30 heavy (non-hydrogen) atoms. The van der Waals surface area contributed by atoms with Crippen LogP contribution in [0.3, 0.4) is 0 Å². The highest BCUT2D eigenvalue weighted by molar-refractivity contribution is 9.10. The van der Waals surface area contributed by atoms with Gasteiger partial charge in [-0.15, -0.1) is 0 Å². The van der Waals surface area contributed by atoms with Crippen LogP contribution in [0.15, 0.2) is 46.9 Å². The highest BCUT2D eigenvalue weighted by Gasteiger charge is 2.40. The van der Waals surface area contributed by atoms with Gasteiger partial charge in [0, 0.05) is 22.5 Å². The molecule has 0 spiro atoms. The molecule has 1 N–H and O–H groups in total. The van der Waals surface area contributed by atoms with Crippen LogP contribution < -0.4 is 9.33 Å². The van der Waals surface area contributed by atoms with Crippen LogP contribution in [-0.2, 0) is 9.59 Å². The Bertz CT molecular complexity index is 1070. The number of amides is 2. The first-order chi connectivity index (χ1) is 13.8. The van der Waals surface area contributed by atoms with Crippen molar-refractivity contribution in [3.63, 3.8) is 0 Å². The summed E-state index contributed by atoms with van der Waals surface area (Å²) >= 11 is 3.40. The summed E-state index contributed by atoms with van der Waals surface area (Å²) < 4.78 is 7.09. The van der Waals surface area contributed by atoms with Crippen molar-refractivity contribution in [2.24, 2.45) is 0 Å². The standard InChI is InChI=1S/C23H26BrNO4Si/c1-14(26)25-19-11-10-16(24)13-18(19)20(22(25)28)21(27)15-8-7-9-17(12-15)29-30(5,6)23(2,3)4/h7-13,27H,1-6H3/b21-20-. The Morgan fingerprint density at radius 1 is 1.13 bits per heavy atom. The van der Waals surface area contributed by atoms with Gasteiger partial charge in [0.2, 0.25) is 14.2 Å². The molecule has 1 aliphatic heterocycles. The Morgan fingerprint density at radius 2 is 1.80 bits per heavy atom. The number of nitrogens with zero attached hydrogens (tertiary/aromatic N) is 1. The summed E-state index contributed by atoms with van der Waals surface area (Å²) in [4.78, 5) is 26.2. The lowest BCUT2D eigenvalue weighted by Gasteiger charge is -2.36. The molecule has 2 amide bonds. The molecule has 2 aromatic rings. The fourth-order valence-electron chi connectivity index (χ4n) is 3.08. The maximum atomic E-state index is 13.0. The molecule has 0 aromatic heterocycles. The second kappa shape index (κ2) is 7.70. The monoisotopic (exact) mass is 487 g/mol. The van der Waals surface area contributed by atoms with E-state index in [0.29, 0.717) is 22.6 Å². The molecule has 7 heteroatoms. The molecule has 158 valence electrons. The molecule has 0 radical (unpaired) electrons. The molecule has 0 aliphatic carbocycles. The zero-order valence-electron chi connectivity index (χ0n) is 18.0. The number of imide groups is 1. The highest BCUT2D eigenvalue weighted by atomic mass is 79.9. The van der Waals surface area contributed by atoms with E-state index >= 15 is 0 Å². The number of aliphatic hydroxyl groups is 1. The Kier molecular flexibility index (Phi) is 5.73. The van der Waals surface area contributed by atoms with Gasteiger partial charge >= 0.3 is 0 Å². The van der Waals surface area contributed by atoms with Gasteiger partial charge in [-0.3, -0.25) is 9.59 Å². The van der Waals surface area contributed by atoms with Crippen LogP contribution in [0.25, 0.3) is 11.3 Å². The van der Waals surface area contributed by atoms with E-state index in [1.807, 2.05) is 6.07 Å². The topological polar surface area (TPSA) is 66.8 Å². The quantitative estimate of drug-likeness (QED) is 0.320. The number of anilines is 1. The first kappa shape index (κ1) is 22.3. The molecule has 1 heterocycles. The molecule has 2 aromatic carbocycles.